The molecule has 19 heavy (non-hydrogen) atoms. The van der Waals surface area contributed by atoms with E-state index in [-0.39, 0.29) is 11.8 Å². The number of aromatic nitrogens is 3. The van der Waals surface area contributed by atoms with Crippen LogP contribution >= 0.6 is 0 Å². The Morgan fingerprint density at radius 1 is 1.37 bits per heavy atom. The van der Waals surface area contributed by atoms with Crippen LogP contribution in [0.2, 0.25) is 0 Å². The summed E-state index contributed by atoms with van der Waals surface area (Å²) in [4.78, 5) is 4.25. The van der Waals surface area contributed by atoms with E-state index in [1.165, 1.54) is 0 Å². The van der Waals surface area contributed by atoms with E-state index in [2.05, 4.69) is 15.2 Å². The fourth-order valence-corrected chi connectivity index (χ4v) is 2.03. The lowest BCUT2D eigenvalue weighted by molar-refractivity contribution is 0.314. The summed E-state index contributed by atoms with van der Waals surface area (Å²) in [6.07, 6.45) is 0. The van der Waals surface area contributed by atoms with Gasteiger partial charge in [-0.3, -0.25) is 0 Å². The molecule has 3 N–H and O–H groups in total. The highest BCUT2D eigenvalue weighted by molar-refractivity contribution is 5.86. The number of hydrogen-bond acceptors (Lipinski definition) is 4. The highest BCUT2D eigenvalue weighted by atomic mass is 16.4. The second-order valence-corrected chi connectivity index (χ2v) is 4.38. The van der Waals surface area contributed by atoms with Crippen molar-refractivity contribution in [3.05, 3.63) is 47.5 Å². The predicted molar refractivity (Wildman–Crippen MR) is 72.1 cm³/mol. The van der Waals surface area contributed by atoms with E-state index in [0.717, 1.165) is 11.4 Å². The summed E-state index contributed by atoms with van der Waals surface area (Å²) in [6.45, 7) is 4.21. The Morgan fingerprint density at radius 3 is 2.58 bits per heavy atom. The number of benzene rings is 1. The van der Waals surface area contributed by atoms with Crippen LogP contribution in [0, 0.1) is 13.8 Å². The van der Waals surface area contributed by atoms with E-state index in [1.807, 2.05) is 44.2 Å². The fraction of sp³-hybridized carbons (Fsp3) is 0.308. The number of oxime groups is 1. The van der Waals surface area contributed by atoms with Crippen LogP contribution in [0.4, 0.5) is 0 Å². The maximum Gasteiger partial charge on any atom is 0.148 e. The lowest BCUT2D eigenvalue weighted by Crippen LogP contribution is -2.26. The normalized spacial score (nSPS) is 13.5. The molecule has 6 nitrogen and oxygen atoms in total. The van der Waals surface area contributed by atoms with Gasteiger partial charge in [-0.25, -0.2) is 9.67 Å². The van der Waals surface area contributed by atoms with Crippen LogP contribution < -0.4 is 5.73 Å². The van der Waals surface area contributed by atoms with Gasteiger partial charge in [-0.2, -0.15) is 5.10 Å². The number of hydrogen-bond donors (Lipinski definition) is 2. The smallest absolute Gasteiger partial charge is 0.148 e. The lowest BCUT2D eigenvalue weighted by atomic mass is 9.98. The molecule has 1 aromatic carbocycles. The molecule has 0 aliphatic carbocycles. The van der Waals surface area contributed by atoms with Crippen LogP contribution in [-0.2, 0) is 6.54 Å². The SMILES string of the molecule is Cc1nc(C)n(CC(C(N)=NO)c2ccccc2)n1. The quantitative estimate of drug-likeness (QED) is 0.376. The summed E-state index contributed by atoms with van der Waals surface area (Å²) in [5.41, 5.74) is 6.77. The first-order valence-electron chi connectivity index (χ1n) is 6.02. The third kappa shape index (κ3) is 2.90. The van der Waals surface area contributed by atoms with Crippen LogP contribution in [-0.4, -0.2) is 25.8 Å². The number of nitrogens with zero attached hydrogens (tertiary/aromatic N) is 4. The summed E-state index contributed by atoms with van der Waals surface area (Å²) in [5, 5.41) is 16.4. The van der Waals surface area contributed by atoms with Crippen LogP contribution in [0.1, 0.15) is 23.1 Å². The van der Waals surface area contributed by atoms with Crippen molar-refractivity contribution in [3.8, 4) is 0 Å². The van der Waals surface area contributed by atoms with Gasteiger partial charge in [-0.1, -0.05) is 35.5 Å². The van der Waals surface area contributed by atoms with Gasteiger partial charge in [0.2, 0.25) is 0 Å². The summed E-state index contributed by atoms with van der Waals surface area (Å²) in [5.74, 6) is 1.46. The van der Waals surface area contributed by atoms with Crippen molar-refractivity contribution in [2.24, 2.45) is 10.9 Å². The Hall–Kier alpha value is -2.37. The average molecular weight is 259 g/mol. The van der Waals surface area contributed by atoms with Gasteiger partial charge in [0.25, 0.3) is 0 Å². The molecule has 0 saturated carbocycles. The van der Waals surface area contributed by atoms with Crippen molar-refractivity contribution in [2.75, 3.05) is 0 Å². The Morgan fingerprint density at radius 2 is 2.05 bits per heavy atom. The molecule has 0 spiro atoms. The largest absolute Gasteiger partial charge is 0.409 e. The first-order chi connectivity index (χ1) is 9.11. The summed E-state index contributed by atoms with van der Waals surface area (Å²) in [6, 6.07) is 9.67. The molecule has 2 rings (SSSR count). The van der Waals surface area contributed by atoms with Gasteiger partial charge >= 0.3 is 0 Å². The van der Waals surface area contributed by atoms with E-state index >= 15 is 0 Å². The molecular formula is C13H17N5O. The van der Waals surface area contributed by atoms with Gasteiger partial charge in [0.05, 0.1) is 12.5 Å². The Balaban J connectivity index is 2.32. The zero-order chi connectivity index (χ0) is 13.8. The fourth-order valence-electron chi connectivity index (χ4n) is 2.03. The molecule has 0 fully saturated rings. The van der Waals surface area contributed by atoms with Crippen molar-refractivity contribution in [1.29, 1.82) is 0 Å². The van der Waals surface area contributed by atoms with Crippen molar-refractivity contribution in [1.82, 2.24) is 14.8 Å². The number of nitrogens with two attached hydrogens (primary N) is 1. The predicted octanol–water partition coefficient (Wildman–Crippen LogP) is 1.43. The van der Waals surface area contributed by atoms with Gasteiger partial charge in [0.15, 0.2) is 0 Å². The summed E-state index contributed by atoms with van der Waals surface area (Å²) >= 11 is 0. The van der Waals surface area contributed by atoms with Gasteiger partial charge < -0.3 is 10.9 Å². The maximum absolute atomic E-state index is 8.94. The van der Waals surface area contributed by atoms with E-state index in [1.54, 1.807) is 4.68 Å². The molecule has 1 aromatic heterocycles. The molecule has 0 radical (unpaired) electrons. The van der Waals surface area contributed by atoms with Crippen molar-refractivity contribution in [2.45, 2.75) is 26.3 Å². The molecule has 2 aromatic rings. The third-order valence-electron chi connectivity index (χ3n) is 2.99. The van der Waals surface area contributed by atoms with Crippen molar-refractivity contribution >= 4 is 5.84 Å². The third-order valence-corrected chi connectivity index (χ3v) is 2.99. The second kappa shape index (κ2) is 5.51. The molecule has 1 atom stereocenters. The minimum Gasteiger partial charge on any atom is -0.409 e. The van der Waals surface area contributed by atoms with Crippen molar-refractivity contribution < 1.29 is 5.21 Å². The Bertz CT molecular complexity index is 576. The first-order valence-corrected chi connectivity index (χ1v) is 6.02. The minimum atomic E-state index is -0.231. The van der Waals surface area contributed by atoms with E-state index in [4.69, 9.17) is 10.9 Å². The van der Waals surface area contributed by atoms with Crippen LogP contribution in [0.3, 0.4) is 0 Å². The minimum absolute atomic E-state index is 0.166. The maximum atomic E-state index is 8.94. The van der Waals surface area contributed by atoms with Crippen LogP contribution in [0.25, 0.3) is 0 Å². The molecule has 0 saturated heterocycles. The summed E-state index contributed by atoms with van der Waals surface area (Å²) < 4.78 is 1.77. The van der Waals surface area contributed by atoms with Crippen LogP contribution in [0.5, 0.6) is 0 Å². The number of amidine groups is 1. The number of aryl methyl sites for hydroxylation is 2. The Labute approximate surface area is 111 Å². The van der Waals surface area contributed by atoms with Crippen molar-refractivity contribution in [3.63, 3.8) is 0 Å². The molecule has 0 bridgehead atoms. The van der Waals surface area contributed by atoms with Gasteiger partial charge in [0, 0.05) is 0 Å². The molecule has 0 amide bonds. The molecule has 0 aliphatic rings. The molecular weight excluding hydrogens is 242 g/mol. The molecule has 1 heterocycles. The van der Waals surface area contributed by atoms with E-state index < -0.39 is 0 Å². The lowest BCUT2D eigenvalue weighted by Gasteiger charge is -2.16. The van der Waals surface area contributed by atoms with Crippen LogP contribution in [0.15, 0.2) is 35.5 Å². The number of rotatable bonds is 4. The summed E-state index contributed by atoms with van der Waals surface area (Å²) in [7, 11) is 0. The molecule has 6 heteroatoms. The zero-order valence-electron chi connectivity index (χ0n) is 11.0. The first kappa shape index (κ1) is 13.1. The highest BCUT2D eigenvalue weighted by Gasteiger charge is 2.19. The standard InChI is InChI=1S/C13H17N5O/c1-9-15-10(2)18(16-9)8-12(13(14)17-19)11-6-4-3-5-7-11/h3-7,12,19H,8H2,1-2H3,(H2,14,17). The second-order valence-electron chi connectivity index (χ2n) is 4.38. The highest BCUT2D eigenvalue weighted by Crippen LogP contribution is 2.18. The molecule has 100 valence electrons. The zero-order valence-corrected chi connectivity index (χ0v) is 11.0. The van der Waals surface area contributed by atoms with Gasteiger partial charge in [0.1, 0.15) is 17.5 Å². The van der Waals surface area contributed by atoms with Gasteiger partial charge in [-0.05, 0) is 19.4 Å². The van der Waals surface area contributed by atoms with Gasteiger partial charge in [-0.15, -0.1) is 0 Å². The van der Waals surface area contributed by atoms with E-state index in [9.17, 15) is 0 Å². The Kier molecular flexibility index (Phi) is 3.79. The average Bonchev–Trinajstić information content (AvgIpc) is 2.74. The topological polar surface area (TPSA) is 89.3 Å². The molecule has 1 unspecified atom stereocenters. The molecule has 0 aliphatic heterocycles. The monoisotopic (exact) mass is 259 g/mol. The van der Waals surface area contributed by atoms with E-state index in [0.29, 0.717) is 12.4 Å².